The lowest BCUT2D eigenvalue weighted by molar-refractivity contribution is -0.146. The first-order valence-corrected chi connectivity index (χ1v) is 48.5. The summed E-state index contributed by atoms with van der Waals surface area (Å²) in [5, 5.41) is 107. The molecule has 0 radical (unpaired) electrons. The van der Waals surface area contributed by atoms with Crippen LogP contribution in [0.25, 0.3) is 0 Å². The predicted octanol–water partition coefficient (Wildman–Crippen LogP) is -4.47. The van der Waals surface area contributed by atoms with Crippen LogP contribution >= 0.6 is 21.6 Å². The first-order chi connectivity index (χ1) is 64.8. The second kappa shape index (κ2) is 58.3. The van der Waals surface area contributed by atoms with Crippen molar-refractivity contribution in [2.24, 2.45) is 46.4 Å². The Morgan fingerprint density at radius 1 is 0.467 bits per heavy atom. The fraction of sp³-hybridized carbons (Fsp3) is 0.621. The number of hydrogen-bond acceptors (Lipinski definition) is 25. The van der Waals surface area contributed by atoms with E-state index in [1.807, 2.05) is 0 Å². The van der Waals surface area contributed by atoms with E-state index in [4.69, 9.17) is 50.3 Å². The Bertz CT molecular complexity index is 4520. The van der Waals surface area contributed by atoms with Gasteiger partial charge in [-0.1, -0.05) is 114 Å². The number of fused-ring (bicyclic) bond motifs is 2. The molecule has 50 heteroatoms. The molecular weight excluding hydrogens is 1820 g/mol. The second-order valence-corrected chi connectivity index (χ2v) is 37.4. The minimum atomic E-state index is -1.97. The van der Waals surface area contributed by atoms with Gasteiger partial charge in [0.25, 0.3) is 0 Å². The normalized spacial score (nSPS) is 22.2. The molecule has 0 unspecified atom stereocenters. The van der Waals surface area contributed by atoms with Gasteiger partial charge in [-0.05, 0) is 143 Å². The maximum atomic E-state index is 15.9. The summed E-state index contributed by atoms with van der Waals surface area (Å²) >= 11 is 0. The molecule has 3 fully saturated rings. The number of guanidine groups is 4. The SMILES string of the molecule is CCCC[C@@H]1NC(=O)[C@H]([C@@H](C)CC)NC(=O)[C@H](Cc2ccc(O)cc2)NC(=O)[C@H](CC(C)C)NC(=O)[C@@H]2CCCN2C(=O)[C@@H](NC(=O)[C@H](CCCNC(=N)N)NC(=O)[C@H](CCCNC(=N)N)NC(C)=O)CSSC[C@@H](C(=O)N[C@@H](CCCNC(=N)N)C(=O)N[C@@H](CCCNC(=N)N)C(N)=O)NC(=O)[C@H](C(C)C)NC(=O)[C@@H]2CCCN2C(=O)[C@H](CC(=O)O)NC(=O)[C@H](Cc2ccc(O)cc2)NC1=O. The summed E-state index contributed by atoms with van der Waals surface area (Å²) in [6.45, 7) is 12.6. The van der Waals surface area contributed by atoms with Crippen molar-refractivity contribution in [3.8, 4) is 11.5 Å². The largest absolute Gasteiger partial charge is 0.508 e. The second-order valence-electron chi connectivity index (χ2n) is 34.9. The first kappa shape index (κ1) is 114. The monoisotopic (exact) mass is 1960 g/mol. The maximum Gasteiger partial charge on any atom is 0.305 e. The van der Waals surface area contributed by atoms with E-state index in [9.17, 15) is 39.3 Å². The zero-order chi connectivity index (χ0) is 102. The van der Waals surface area contributed by atoms with E-state index in [1.54, 1.807) is 34.6 Å². The standard InChI is InChI=1S/C87H140N28O20S2/c1-9-11-18-55-72(124)106-59(40-49-25-29-51(117)30-26-49)75(127)109-61(42-66(119)120)82(134)114-37-17-24-65(114)79(131)112-67(46(5)6)80(132)110-62(77(129)104-56(21-14-35-99-86(93)94)71(123)102-53(69(88)121)19-12-33-97-84(89)90)43-136-137-44-63(111-73(125)57(22-15-36-100-87(95)96)103-70(122)54(101-48(8)116)20-13-34-98-85(91)92)83(135)115-38-16-23-64(115)78(130)108-58(39-45(3)4)74(126)107-60(41-50-27-31-52(118)32-28-50)76(128)113-68(47(7)10-2)81(133)105-55/h25-32,45-47,53-65,67-68,117-118H,9-24,33-44H2,1-8H3,(H2,88,121)(H,101,116)(H,102,123)(H,103,122)(H,104,129)(H,105,133)(H,106,124)(H,107,126)(H,108,130)(H,109,127)(H,110,132)(H,111,125)(H,112,131)(H,113,128)(H,119,120)(H4,89,90,97)(H4,91,92,98)(H4,93,94,99)(H4,95,96,100)/t47-,53-,54-,55-,56-,57-,58-,59-,60-,61-,62-,63-,64-,65-,67-,68-/m0/s1. The van der Waals surface area contributed by atoms with Gasteiger partial charge in [0.2, 0.25) is 94.5 Å². The molecule has 137 heavy (non-hydrogen) atoms. The predicted molar refractivity (Wildman–Crippen MR) is 510 cm³/mol. The Morgan fingerprint density at radius 2 is 0.869 bits per heavy atom. The lowest BCUT2D eigenvalue weighted by Gasteiger charge is -2.31. The highest BCUT2D eigenvalue weighted by molar-refractivity contribution is 8.76. The van der Waals surface area contributed by atoms with Gasteiger partial charge in [0.15, 0.2) is 23.8 Å². The number of nitrogens with two attached hydrogens (primary N) is 5. The lowest BCUT2D eigenvalue weighted by atomic mass is 9.96. The fourth-order valence-electron chi connectivity index (χ4n) is 15.4. The number of carboxylic acid groups (broad SMARTS) is 1. The average molecular weight is 1960 g/mol. The van der Waals surface area contributed by atoms with Crippen molar-refractivity contribution in [3.63, 3.8) is 0 Å². The van der Waals surface area contributed by atoms with E-state index in [0.717, 1.165) is 38.3 Å². The number of unbranched alkanes of at least 4 members (excludes halogenated alkanes) is 1. The molecule has 16 atom stereocenters. The summed E-state index contributed by atoms with van der Waals surface area (Å²) in [6.07, 6.45) is -1.16. The van der Waals surface area contributed by atoms with Crippen LogP contribution in [0.2, 0.25) is 0 Å². The summed E-state index contributed by atoms with van der Waals surface area (Å²) < 4.78 is 0. The number of carbonyl (C=O) groups is 17. The quantitative estimate of drug-likeness (QED) is 0.0129. The van der Waals surface area contributed by atoms with Gasteiger partial charge >= 0.3 is 5.97 Å². The van der Waals surface area contributed by atoms with Crippen LogP contribution in [0.3, 0.4) is 0 Å². The van der Waals surface area contributed by atoms with Crippen LogP contribution in [0.5, 0.6) is 11.5 Å². The number of nitrogens with zero attached hydrogens (tertiary/aromatic N) is 2. The molecule has 34 N–H and O–H groups in total. The fourth-order valence-corrected chi connectivity index (χ4v) is 17.7. The summed E-state index contributed by atoms with van der Waals surface area (Å²) in [4.78, 5) is 253. The molecule has 0 aliphatic carbocycles. The van der Waals surface area contributed by atoms with Crippen molar-refractivity contribution in [1.29, 1.82) is 21.6 Å². The number of nitrogens with one attached hydrogen (secondary N) is 21. The minimum Gasteiger partial charge on any atom is -0.508 e. The van der Waals surface area contributed by atoms with Crippen LogP contribution in [0.15, 0.2) is 48.5 Å². The van der Waals surface area contributed by atoms with E-state index in [1.165, 1.54) is 62.4 Å². The number of carbonyl (C=O) groups excluding carboxylic acids is 16. The number of primary amides is 1. The molecule has 3 saturated heterocycles. The Morgan fingerprint density at radius 3 is 1.32 bits per heavy atom. The lowest BCUT2D eigenvalue weighted by Crippen LogP contribution is -2.62. The van der Waals surface area contributed by atoms with Gasteiger partial charge in [0.1, 0.15) is 102 Å². The van der Waals surface area contributed by atoms with Crippen molar-refractivity contribution in [1.82, 2.24) is 100 Å². The van der Waals surface area contributed by atoms with E-state index in [-0.39, 0.29) is 184 Å². The smallest absolute Gasteiger partial charge is 0.305 e. The summed E-state index contributed by atoms with van der Waals surface area (Å²) in [5.41, 5.74) is 28.7. The Kier molecular flexibility index (Phi) is 48.6. The van der Waals surface area contributed by atoms with Crippen LogP contribution in [0.4, 0.5) is 0 Å². The third-order valence-electron chi connectivity index (χ3n) is 22.9. The van der Waals surface area contributed by atoms with Crippen LogP contribution in [-0.4, -0.2) is 291 Å². The van der Waals surface area contributed by atoms with Gasteiger partial charge in [-0.3, -0.25) is 103 Å². The number of benzene rings is 2. The van der Waals surface area contributed by atoms with Crippen molar-refractivity contribution in [2.45, 2.75) is 274 Å². The van der Waals surface area contributed by atoms with E-state index < -0.39 is 233 Å². The van der Waals surface area contributed by atoms with Gasteiger partial charge in [0, 0.05) is 70.5 Å². The zero-order valence-corrected chi connectivity index (χ0v) is 80.3. The number of hydrogen-bond donors (Lipinski definition) is 29. The molecule has 0 saturated carbocycles. The van der Waals surface area contributed by atoms with Crippen molar-refractivity contribution in [2.75, 3.05) is 50.8 Å². The summed E-state index contributed by atoms with van der Waals surface area (Å²) in [5.74, 6) is -22.0. The molecule has 2 aromatic rings. The highest BCUT2D eigenvalue weighted by atomic mass is 33.1. The minimum absolute atomic E-state index is 0.00296. The Hall–Kier alpha value is -13.2. The molecule has 0 aromatic heterocycles. The maximum absolute atomic E-state index is 15.9. The van der Waals surface area contributed by atoms with E-state index >= 15 is 57.5 Å². The van der Waals surface area contributed by atoms with Crippen molar-refractivity contribution >= 4 is 146 Å². The molecule has 0 bridgehead atoms. The molecular formula is C87H140N28O20S2. The third kappa shape index (κ3) is 40.0. The summed E-state index contributed by atoms with van der Waals surface area (Å²) in [6, 6.07) is -12.5. The van der Waals surface area contributed by atoms with Crippen LogP contribution in [-0.2, 0) is 94.3 Å². The van der Waals surface area contributed by atoms with Gasteiger partial charge in [-0.25, -0.2) is 0 Å². The molecule has 0 spiro atoms. The molecule has 5 rings (SSSR count). The first-order valence-electron chi connectivity index (χ1n) is 46.0. The number of phenols is 2. The van der Waals surface area contributed by atoms with Crippen LogP contribution < -0.4 is 119 Å². The van der Waals surface area contributed by atoms with Gasteiger partial charge < -0.3 is 144 Å². The van der Waals surface area contributed by atoms with Gasteiger partial charge in [0.05, 0.1) is 6.42 Å². The van der Waals surface area contributed by atoms with Crippen LogP contribution in [0.1, 0.15) is 182 Å². The molecule has 3 aliphatic heterocycles. The summed E-state index contributed by atoms with van der Waals surface area (Å²) in [7, 11) is 1.62. The van der Waals surface area contributed by atoms with Crippen molar-refractivity contribution < 1.29 is 96.8 Å². The number of carboxylic acids is 1. The van der Waals surface area contributed by atoms with E-state index in [2.05, 4.69) is 90.4 Å². The third-order valence-corrected chi connectivity index (χ3v) is 25.3. The number of aromatic hydroxyl groups is 2. The van der Waals surface area contributed by atoms with Gasteiger partial charge in [-0.15, -0.1) is 0 Å². The molecule has 16 amide bonds. The highest BCUT2D eigenvalue weighted by Gasteiger charge is 2.45. The number of amides is 16. The van der Waals surface area contributed by atoms with Crippen molar-refractivity contribution in [3.05, 3.63) is 59.7 Å². The highest BCUT2D eigenvalue weighted by Crippen LogP contribution is 2.28. The Balaban J connectivity index is 1.77. The molecule has 3 aliphatic rings. The van der Waals surface area contributed by atoms with Crippen LogP contribution in [0, 0.1) is 39.4 Å². The number of rotatable bonds is 40. The van der Waals surface area contributed by atoms with E-state index in [0.29, 0.717) is 17.5 Å². The molecule has 2 aromatic carbocycles. The number of phenolic OH excluding ortho intramolecular Hbond substituents is 2. The molecule has 3 heterocycles. The number of aliphatic carboxylic acids is 1. The average Bonchev–Trinajstić information content (AvgIpc) is 1.71. The zero-order valence-electron chi connectivity index (χ0n) is 78.7. The molecule has 760 valence electrons. The topological polar surface area (TPSA) is 787 Å². The Labute approximate surface area is 803 Å². The van der Waals surface area contributed by atoms with Gasteiger partial charge in [-0.2, -0.15) is 0 Å². The molecule has 48 nitrogen and oxygen atoms in total.